The zero-order chi connectivity index (χ0) is 11.5. The minimum Gasteiger partial charge on any atom is -0.311 e. The Labute approximate surface area is 95.4 Å². The number of hydrogen-bond acceptors (Lipinski definition) is 2. The molecule has 0 bridgehead atoms. The molecule has 0 amide bonds. The van der Waals surface area contributed by atoms with E-state index in [1.165, 1.54) is 32.5 Å². The molecule has 1 aliphatic rings. The fourth-order valence-corrected chi connectivity index (χ4v) is 2.40. The lowest BCUT2D eigenvalue weighted by atomic mass is 9.84. The smallest absolute Gasteiger partial charge is 0.0244 e. The summed E-state index contributed by atoms with van der Waals surface area (Å²) in [7, 11) is 0. The van der Waals surface area contributed by atoms with Crippen molar-refractivity contribution in [1.82, 2.24) is 10.2 Å². The van der Waals surface area contributed by atoms with Gasteiger partial charge in [0.1, 0.15) is 0 Å². The van der Waals surface area contributed by atoms with Crippen molar-refractivity contribution in [2.24, 2.45) is 5.41 Å². The van der Waals surface area contributed by atoms with Crippen molar-refractivity contribution in [2.45, 2.75) is 59.5 Å². The summed E-state index contributed by atoms with van der Waals surface area (Å²) in [5.74, 6) is 0. The number of hydrogen-bond donors (Lipinski definition) is 1. The first-order chi connectivity index (χ1) is 6.99. The molecule has 0 spiro atoms. The van der Waals surface area contributed by atoms with Crippen LogP contribution in [-0.2, 0) is 0 Å². The summed E-state index contributed by atoms with van der Waals surface area (Å²) in [6.45, 7) is 15.2. The summed E-state index contributed by atoms with van der Waals surface area (Å²) < 4.78 is 0. The number of piperazine rings is 1. The standard InChI is InChI=1S/C13H28N2/c1-6-8-15-10-12(13(3,4)5)14-9-11(15)7-2/h11-12,14H,6-10H2,1-5H3. The monoisotopic (exact) mass is 212 g/mol. The Morgan fingerprint density at radius 2 is 1.93 bits per heavy atom. The van der Waals surface area contributed by atoms with Gasteiger partial charge in [0.25, 0.3) is 0 Å². The first-order valence-corrected chi connectivity index (χ1v) is 6.46. The van der Waals surface area contributed by atoms with E-state index < -0.39 is 0 Å². The van der Waals surface area contributed by atoms with Crippen LogP contribution in [0, 0.1) is 5.41 Å². The van der Waals surface area contributed by atoms with Crippen LogP contribution in [0.3, 0.4) is 0 Å². The van der Waals surface area contributed by atoms with Crippen LogP contribution in [0.5, 0.6) is 0 Å². The second kappa shape index (κ2) is 5.31. The van der Waals surface area contributed by atoms with E-state index >= 15 is 0 Å². The Balaban J connectivity index is 2.57. The highest BCUT2D eigenvalue weighted by Crippen LogP contribution is 2.24. The van der Waals surface area contributed by atoms with Crippen LogP contribution >= 0.6 is 0 Å². The van der Waals surface area contributed by atoms with Gasteiger partial charge < -0.3 is 5.32 Å². The lowest BCUT2D eigenvalue weighted by Crippen LogP contribution is -2.60. The summed E-state index contributed by atoms with van der Waals surface area (Å²) in [6, 6.07) is 1.40. The van der Waals surface area contributed by atoms with Gasteiger partial charge in [0.2, 0.25) is 0 Å². The lowest BCUT2D eigenvalue weighted by Gasteiger charge is -2.45. The maximum atomic E-state index is 3.71. The van der Waals surface area contributed by atoms with Gasteiger partial charge in [-0.05, 0) is 24.8 Å². The molecule has 0 aliphatic carbocycles. The minimum atomic E-state index is 0.380. The topological polar surface area (TPSA) is 15.3 Å². The minimum absolute atomic E-state index is 0.380. The van der Waals surface area contributed by atoms with Crippen LogP contribution in [0.15, 0.2) is 0 Å². The van der Waals surface area contributed by atoms with Gasteiger partial charge in [-0.1, -0.05) is 34.6 Å². The molecule has 0 aromatic carbocycles. The van der Waals surface area contributed by atoms with Crippen LogP contribution < -0.4 is 5.32 Å². The van der Waals surface area contributed by atoms with E-state index in [4.69, 9.17) is 0 Å². The fraction of sp³-hybridized carbons (Fsp3) is 1.00. The van der Waals surface area contributed by atoms with Gasteiger partial charge in [0, 0.05) is 25.2 Å². The summed E-state index contributed by atoms with van der Waals surface area (Å²) in [6.07, 6.45) is 2.54. The molecule has 2 atom stereocenters. The molecule has 0 aromatic rings. The van der Waals surface area contributed by atoms with Crippen LogP contribution in [0.2, 0.25) is 0 Å². The van der Waals surface area contributed by atoms with Gasteiger partial charge in [0.15, 0.2) is 0 Å². The first-order valence-electron chi connectivity index (χ1n) is 6.46. The average molecular weight is 212 g/mol. The largest absolute Gasteiger partial charge is 0.311 e. The number of nitrogens with one attached hydrogen (secondary N) is 1. The van der Waals surface area contributed by atoms with Gasteiger partial charge in [-0.25, -0.2) is 0 Å². The van der Waals surface area contributed by atoms with Crippen LogP contribution in [0.1, 0.15) is 47.5 Å². The molecule has 15 heavy (non-hydrogen) atoms. The third-order valence-electron chi connectivity index (χ3n) is 3.56. The quantitative estimate of drug-likeness (QED) is 0.773. The Bertz CT molecular complexity index is 183. The van der Waals surface area contributed by atoms with Gasteiger partial charge in [-0.15, -0.1) is 0 Å². The maximum absolute atomic E-state index is 3.71. The highest BCUT2D eigenvalue weighted by atomic mass is 15.2. The zero-order valence-electron chi connectivity index (χ0n) is 11.1. The molecule has 1 heterocycles. The molecule has 0 radical (unpaired) electrons. The van der Waals surface area contributed by atoms with Crippen molar-refractivity contribution >= 4 is 0 Å². The molecule has 0 aromatic heterocycles. The average Bonchev–Trinajstić information content (AvgIpc) is 2.17. The molecule has 1 fully saturated rings. The predicted molar refractivity (Wildman–Crippen MR) is 67.2 cm³/mol. The first kappa shape index (κ1) is 13.0. The molecule has 1 aliphatic heterocycles. The third kappa shape index (κ3) is 3.46. The van der Waals surface area contributed by atoms with Crippen molar-refractivity contribution in [3.05, 3.63) is 0 Å². The van der Waals surface area contributed by atoms with Crippen LogP contribution in [-0.4, -0.2) is 36.6 Å². The Morgan fingerprint density at radius 1 is 1.27 bits per heavy atom. The summed E-state index contributed by atoms with van der Waals surface area (Å²) in [5.41, 5.74) is 0.380. The van der Waals surface area contributed by atoms with Crippen molar-refractivity contribution in [3.8, 4) is 0 Å². The number of rotatable bonds is 3. The molecular weight excluding hydrogens is 184 g/mol. The number of nitrogens with zero attached hydrogens (tertiary/aromatic N) is 1. The van der Waals surface area contributed by atoms with E-state index in [0.29, 0.717) is 11.5 Å². The molecule has 2 heteroatoms. The van der Waals surface area contributed by atoms with Gasteiger partial charge >= 0.3 is 0 Å². The lowest BCUT2D eigenvalue weighted by molar-refractivity contribution is 0.0837. The SMILES string of the molecule is CCCN1CC(C(C)(C)C)NCC1CC. The van der Waals surface area contributed by atoms with Crippen LogP contribution in [0.4, 0.5) is 0 Å². The van der Waals surface area contributed by atoms with E-state index in [1.54, 1.807) is 0 Å². The summed E-state index contributed by atoms with van der Waals surface area (Å²) in [4.78, 5) is 2.67. The second-order valence-electron chi connectivity index (χ2n) is 5.88. The highest BCUT2D eigenvalue weighted by Gasteiger charge is 2.32. The predicted octanol–water partition coefficient (Wildman–Crippen LogP) is 2.49. The molecule has 90 valence electrons. The molecule has 2 nitrogen and oxygen atoms in total. The molecule has 0 saturated carbocycles. The Morgan fingerprint density at radius 3 is 2.40 bits per heavy atom. The Kier molecular flexibility index (Phi) is 4.60. The molecule has 1 saturated heterocycles. The van der Waals surface area contributed by atoms with Crippen molar-refractivity contribution < 1.29 is 0 Å². The van der Waals surface area contributed by atoms with Crippen molar-refractivity contribution in [3.63, 3.8) is 0 Å². The maximum Gasteiger partial charge on any atom is 0.0244 e. The van der Waals surface area contributed by atoms with E-state index in [0.717, 1.165) is 6.04 Å². The summed E-state index contributed by atoms with van der Waals surface area (Å²) >= 11 is 0. The van der Waals surface area contributed by atoms with Crippen molar-refractivity contribution in [2.75, 3.05) is 19.6 Å². The van der Waals surface area contributed by atoms with Gasteiger partial charge in [-0.2, -0.15) is 0 Å². The van der Waals surface area contributed by atoms with Gasteiger partial charge in [0.05, 0.1) is 0 Å². The second-order valence-corrected chi connectivity index (χ2v) is 5.88. The molecule has 1 N–H and O–H groups in total. The van der Waals surface area contributed by atoms with E-state index in [9.17, 15) is 0 Å². The van der Waals surface area contributed by atoms with E-state index in [-0.39, 0.29) is 0 Å². The summed E-state index contributed by atoms with van der Waals surface area (Å²) in [5, 5.41) is 3.71. The molecular formula is C13H28N2. The molecule has 1 rings (SSSR count). The zero-order valence-corrected chi connectivity index (χ0v) is 11.1. The van der Waals surface area contributed by atoms with E-state index in [1.807, 2.05) is 0 Å². The van der Waals surface area contributed by atoms with Crippen molar-refractivity contribution in [1.29, 1.82) is 0 Å². The fourth-order valence-electron chi connectivity index (χ4n) is 2.40. The Hall–Kier alpha value is -0.0800. The normalized spacial score (nSPS) is 29.4. The third-order valence-corrected chi connectivity index (χ3v) is 3.56. The molecule has 2 unspecified atom stereocenters. The van der Waals surface area contributed by atoms with Crippen LogP contribution in [0.25, 0.3) is 0 Å². The van der Waals surface area contributed by atoms with E-state index in [2.05, 4.69) is 44.8 Å². The van der Waals surface area contributed by atoms with Gasteiger partial charge in [-0.3, -0.25) is 4.90 Å². The highest BCUT2D eigenvalue weighted by molar-refractivity contribution is 4.91.